The molecule has 1 heterocycles. The van der Waals surface area contributed by atoms with Crippen LogP contribution >= 0.6 is 0 Å². The van der Waals surface area contributed by atoms with Crippen molar-refractivity contribution in [3.63, 3.8) is 0 Å². The van der Waals surface area contributed by atoms with Crippen molar-refractivity contribution >= 4 is 28.7 Å². The zero-order valence-electron chi connectivity index (χ0n) is 14.9. The van der Waals surface area contributed by atoms with Gasteiger partial charge in [0, 0.05) is 31.3 Å². The van der Waals surface area contributed by atoms with E-state index >= 15 is 0 Å². The quantitative estimate of drug-likeness (QED) is 0.603. The number of fused-ring (bicyclic) bond motifs is 1. The molecule has 2 aromatic rings. The molecule has 1 amide bonds. The summed E-state index contributed by atoms with van der Waals surface area (Å²) in [6, 6.07) is 10.4. The Balaban J connectivity index is 2.08. The van der Waals surface area contributed by atoms with E-state index < -0.39 is 27.1 Å². The fraction of sp³-hybridized carbons (Fsp3) is 0.278. The van der Waals surface area contributed by atoms with E-state index in [1.54, 1.807) is 12.1 Å². The van der Waals surface area contributed by atoms with Gasteiger partial charge in [0.1, 0.15) is 0 Å². The highest BCUT2D eigenvalue weighted by molar-refractivity contribution is 6.09. The largest absolute Gasteiger partial charge is 0.366 e. The van der Waals surface area contributed by atoms with E-state index in [-0.39, 0.29) is 11.6 Å². The molecule has 1 atom stereocenters. The third-order valence-corrected chi connectivity index (χ3v) is 4.62. The fourth-order valence-corrected chi connectivity index (χ4v) is 3.39. The Morgan fingerprint density at radius 1 is 1.07 bits per heavy atom. The van der Waals surface area contributed by atoms with Crippen LogP contribution in [0.5, 0.6) is 0 Å². The van der Waals surface area contributed by atoms with Crippen molar-refractivity contribution in [1.82, 2.24) is 0 Å². The normalized spacial score (nSPS) is 16.0. The molecule has 0 aliphatic carbocycles. The second-order valence-electron chi connectivity index (χ2n) is 6.29. The number of anilines is 2. The summed E-state index contributed by atoms with van der Waals surface area (Å²) in [5, 5.41) is 22.2. The summed E-state index contributed by atoms with van der Waals surface area (Å²) in [5.41, 5.74) is 0.508. The van der Waals surface area contributed by atoms with E-state index in [1.165, 1.54) is 4.90 Å². The van der Waals surface area contributed by atoms with E-state index in [4.69, 9.17) is 0 Å². The highest BCUT2D eigenvalue weighted by Gasteiger charge is 2.32. The number of rotatable bonds is 4. The van der Waals surface area contributed by atoms with E-state index in [2.05, 4.69) is 4.90 Å². The number of nitrogens with zero attached hydrogens (tertiary/aromatic N) is 4. The standard InChI is InChI=1S/C18H18N4O5/c1-3-19-12(2)11-20(17-7-5-4-6-16(17)19)18(23)13-8-14(21(24)25)10-15(9-13)22(26)27/h4-10,12H,3,11H2,1-2H3. The first-order valence-electron chi connectivity index (χ1n) is 8.45. The number of likely N-dealkylation sites (N-methyl/N-ethyl adjacent to an activating group) is 1. The van der Waals surface area contributed by atoms with Crippen molar-refractivity contribution in [3.05, 3.63) is 68.3 Å². The molecule has 27 heavy (non-hydrogen) atoms. The lowest BCUT2D eigenvalue weighted by atomic mass is 10.1. The summed E-state index contributed by atoms with van der Waals surface area (Å²) < 4.78 is 0. The van der Waals surface area contributed by atoms with Crippen LogP contribution in [0.25, 0.3) is 0 Å². The van der Waals surface area contributed by atoms with Gasteiger partial charge in [-0.3, -0.25) is 25.0 Å². The number of carbonyl (C=O) groups excluding carboxylic acids is 1. The molecule has 3 rings (SSSR count). The minimum Gasteiger partial charge on any atom is -0.366 e. The first-order chi connectivity index (χ1) is 12.8. The fourth-order valence-electron chi connectivity index (χ4n) is 3.39. The van der Waals surface area contributed by atoms with Crippen LogP contribution in [-0.2, 0) is 0 Å². The molecule has 140 valence electrons. The number of carbonyl (C=O) groups is 1. The molecule has 0 N–H and O–H groups in total. The number of hydrogen-bond donors (Lipinski definition) is 0. The zero-order chi connectivity index (χ0) is 19.7. The number of hydrogen-bond acceptors (Lipinski definition) is 6. The van der Waals surface area contributed by atoms with Gasteiger partial charge in [-0.1, -0.05) is 12.1 Å². The number of para-hydroxylation sites is 2. The second kappa shape index (κ2) is 7.02. The molecule has 0 aromatic heterocycles. The Morgan fingerprint density at radius 3 is 2.15 bits per heavy atom. The third kappa shape index (κ3) is 3.31. The maximum absolute atomic E-state index is 13.1. The van der Waals surface area contributed by atoms with Crippen LogP contribution in [0, 0.1) is 20.2 Å². The summed E-state index contributed by atoms with van der Waals surface area (Å²) in [6.45, 7) is 5.15. The Labute approximate surface area is 155 Å². The molecule has 2 aromatic carbocycles. The molecule has 0 radical (unpaired) electrons. The van der Waals surface area contributed by atoms with E-state index in [0.717, 1.165) is 30.4 Å². The summed E-state index contributed by atoms with van der Waals surface area (Å²) in [4.78, 5) is 37.5. The van der Waals surface area contributed by atoms with Crippen molar-refractivity contribution < 1.29 is 14.6 Å². The van der Waals surface area contributed by atoms with Gasteiger partial charge < -0.3 is 9.80 Å². The molecule has 1 unspecified atom stereocenters. The minimum atomic E-state index is -0.741. The lowest BCUT2D eigenvalue weighted by Gasteiger charge is -2.42. The lowest BCUT2D eigenvalue weighted by molar-refractivity contribution is -0.394. The topological polar surface area (TPSA) is 110 Å². The molecular formula is C18H18N4O5. The maximum Gasteiger partial charge on any atom is 0.277 e. The number of nitro benzene ring substituents is 2. The monoisotopic (exact) mass is 370 g/mol. The first kappa shape index (κ1) is 18.3. The minimum absolute atomic E-state index is 0.0301. The highest BCUT2D eigenvalue weighted by atomic mass is 16.6. The molecule has 9 heteroatoms. The Hall–Kier alpha value is -3.49. The summed E-state index contributed by atoms with van der Waals surface area (Å²) in [7, 11) is 0. The molecular weight excluding hydrogens is 352 g/mol. The van der Waals surface area contributed by atoms with Crippen LogP contribution in [0.3, 0.4) is 0 Å². The smallest absolute Gasteiger partial charge is 0.277 e. The van der Waals surface area contributed by atoms with Crippen LogP contribution in [-0.4, -0.2) is 34.9 Å². The van der Waals surface area contributed by atoms with Crippen molar-refractivity contribution in [3.8, 4) is 0 Å². The third-order valence-electron chi connectivity index (χ3n) is 4.62. The molecule has 1 aliphatic heterocycles. The van der Waals surface area contributed by atoms with Crippen LogP contribution in [0.4, 0.5) is 22.7 Å². The van der Waals surface area contributed by atoms with Crippen molar-refractivity contribution in [2.45, 2.75) is 19.9 Å². The van der Waals surface area contributed by atoms with Gasteiger partial charge >= 0.3 is 0 Å². The van der Waals surface area contributed by atoms with Crippen LogP contribution in [0.2, 0.25) is 0 Å². The first-order valence-corrected chi connectivity index (χ1v) is 8.45. The Morgan fingerprint density at radius 2 is 1.63 bits per heavy atom. The number of amides is 1. The Bertz CT molecular complexity index is 897. The SMILES string of the molecule is CCN1c2ccccc2N(C(=O)c2cc([N+](=O)[O-])cc([N+](=O)[O-])c2)CC1C. The van der Waals surface area contributed by atoms with Gasteiger partial charge in [0.2, 0.25) is 0 Å². The average molecular weight is 370 g/mol. The molecule has 0 bridgehead atoms. The van der Waals surface area contributed by atoms with E-state index in [0.29, 0.717) is 12.2 Å². The molecule has 0 saturated heterocycles. The van der Waals surface area contributed by atoms with Crippen molar-refractivity contribution in [2.75, 3.05) is 22.9 Å². The van der Waals surface area contributed by atoms with Crippen LogP contribution in [0.15, 0.2) is 42.5 Å². The molecule has 0 saturated carbocycles. The molecule has 0 spiro atoms. The van der Waals surface area contributed by atoms with Crippen molar-refractivity contribution in [1.29, 1.82) is 0 Å². The number of benzene rings is 2. The molecule has 9 nitrogen and oxygen atoms in total. The van der Waals surface area contributed by atoms with Crippen LogP contribution in [0.1, 0.15) is 24.2 Å². The van der Waals surface area contributed by atoms with Gasteiger partial charge in [0.25, 0.3) is 17.3 Å². The van der Waals surface area contributed by atoms with E-state index in [1.807, 2.05) is 26.0 Å². The summed E-state index contributed by atoms with van der Waals surface area (Å²) >= 11 is 0. The number of non-ortho nitro benzene ring substituents is 2. The van der Waals surface area contributed by atoms with E-state index in [9.17, 15) is 25.0 Å². The zero-order valence-corrected chi connectivity index (χ0v) is 14.9. The predicted molar refractivity (Wildman–Crippen MR) is 100 cm³/mol. The van der Waals surface area contributed by atoms with Crippen LogP contribution < -0.4 is 9.80 Å². The van der Waals surface area contributed by atoms with Gasteiger partial charge in [-0.05, 0) is 26.0 Å². The van der Waals surface area contributed by atoms with Gasteiger partial charge in [0.05, 0.1) is 32.9 Å². The van der Waals surface area contributed by atoms with Crippen molar-refractivity contribution in [2.24, 2.45) is 0 Å². The second-order valence-corrected chi connectivity index (χ2v) is 6.29. The summed E-state index contributed by atoms with van der Waals surface area (Å²) in [5.74, 6) is -0.503. The van der Waals surface area contributed by atoms with Gasteiger partial charge in [0.15, 0.2) is 0 Å². The predicted octanol–water partition coefficient (Wildman–Crippen LogP) is 3.38. The van der Waals surface area contributed by atoms with Gasteiger partial charge in [-0.15, -0.1) is 0 Å². The average Bonchev–Trinajstić information content (AvgIpc) is 2.66. The molecule has 1 aliphatic rings. The van der Waals surface area contributed by atoms with Gasteiger partial charge in [-0.2, -0.15) is 0 Å². The summed E-state index contributed by atoms with van der Waals surface area (Å²) in [6.07, 6.45) is 0. The van der Waals surface area contributed by atoms with Gasteiger partial charge in [-0.25, -0.2) is 0 Å². The lowest BCUT2D eigenvalue weighted by Crippen LogP contribution is -2.49. The maximum atomic E-state index is 13.1. The Kier molecular flexibility index (Phi) is 4.76. The molecule has 0 fully saturated rings. The number of nitro groups is 2. The highest BCUT2D eigenvalue weighted by Crippen LogP contribution is 2.36.